The number of imide groups is 1. The molecule has 1 saturated heterocycles. The van der Waals surface area contributed by atoms with E-state index in [0.29, 0.717) is 12.5 Å². The predicted octanol–water partition coefficient (Wildman–Crippen LogP) is 4.52. The van der Waals surface area contributed by atoms with Gasteiger partial charge in [0.15, 0.2) is 0 Å². The maximum atomic E-state index is 12.9. The third kappa shape index (κ3) is 5.18. The molecule has 1 aromatic rings. The zero-order chi connectivity index (χ0) is 18.9. The van der Waals surface area contributed by atoms with Gasteiger partial charge in [-0.25, -0.2) is 4.98 Å². The number of unbranched alkanes of at least 4 members (excludes halogenated alkanes) is 4. The van der Waals surface area contributed by atoms with Crippen LogP contribution in [0.2, 0.25) is 0 Å². The number of hydrogen-bond donors (Lipinski definition) is 0. The summed E-state index contributed by atoms with van der Waals surface area (Å²) in [6.45, 7) is 7.09. The number of aryl methyl sites for hydroxylation is 1. The normalized spacial score (nSPS) is 18.7. The highest BCUT2D eigenvalue weighted by Crippen LogP contribution is 2.28. The van der Waals surface area contributed by atoms with E-state index in [1.165, 1.54) is 24.2 Å². The highest BCUT2D eigenvalue weighted by molar-refractivity contribution is 6.04. The van der Waals surface area contributed by atoms with Crippen molar-refractivity contribution in [2.24, 2.45) is 5.92 Å². The van der Waals surface area contributed by atoms with Crippen molar-refractivity contribution in [1.29, 1.82) is 0 Å². The molecule has 1 aromatic heterocycles. The molecule has 0 radical (unpaired) electrons. The molecule has 0 spiro atoms. The molecule has 2 heterocycles. The van der Waals surface area contributed by atoms with E-state index in [0.717, 1.165) is 44.3 Å². The van der Waals surface area contributed by atoms with Crippen molar-refractivity contribution in [3.63, 3.8) is 0 Å². The van der Waals surface area contributed by atoms with Crippen molar-refractivity contribution in [2.75, 3.05) is 6.54 Å². The van der Waals surface area contributed by atoms with E-state index in [9.17, 15) is 9.59 Å². The first-order chi connectivity index (χ1) is 12.6. The lowest BCUT2D eigenvalue weighted by atomic mass is 9.99. The minimum Gasteiger partial charge on any atom is -0.322 e. The molecule has 1 fully saturated rings. The molecule has 26 heavy (non-hydrogen) atoms. The molecule has 0 aromatic carbocycles. The summed E-state index contributed by atoms with van der Waals surface area (Å²) in [5.41, 5.74) is 0. The van der Waals surface area contributed by atoms with Gasteiger partial charge in [0.25, 0.3) is 5.91 Å². The van der Waals surface area contributed by atoms with E-state index in [2.05, 4.69) is 25.8 Å². The molecule has 2 atom stereocenters. The summed E-state index contributed by atoms with van der Waals surface area (Å²) in [6, 6.07) is -0.394. The van der Waals surface area contributed by atoms with Crippen molar-refractivity contribution in [3.05, 3.63) is 18.2 Å². The first kappa shape index (κ1) is 20.7. The van der Waals surface area contributed by atoms with Crippen molar-refractivity contribution < 1.29 is 9.59 Å². The molecular formula is C21H35N3O2. The van der Waals surface area contributed by atoms with Crippen molar-refractivity contribution in [3.8, 4) is 0 Å². The lowest BCUT2D eigenvalue weighted by Gasteiger charge is -2.22. The second-order valence-electron chi connectivity index (χ2n) is 7.54. The largest absolute Gasteiger partial charge is 0.322 e. The Morgan fingerprint density at radius 3 is 2.58 bits per heavy atom. The first-order valence-electron chi connectivity index (χ1n) is 10.5. The van der Waals surface area contributed by atoms with Gasteiger partial charge in [-0.15, -0.1) is 0 Å². The van der Waals surface area contributed by atoms with Crippen LogP contribution >= 0.6 is 0 Å². The number of likely N-dealkylation sites (tertiary alicyclic amines) is 1. The standard InChI is InChI=1S/C21H35N3O2/c1-4-7-9-10-12-19-22-13-14-23(19)18-15-20(25)24(21(18)26)16-17(6-3)11-8-5-2/h13-14,17-18H,4-12,15-16H2,1-3H3. The Hall–Kier alpha value is -1.65. The third-order valence-electron chi connectivity index (χ3n) is 5.54. The van der Waals surface area contributed by atoms with Gasteiger partial charge in [-0.2, -0.15) is 0 Å². The quantitative estimate of drug-likeness (QED) is 0.406. The van der Waals surface area contributed by atoms with E-state index in [1.807, 2.05) is 10.8 Å². The summed E-state index contributed by atoms with van der Waals surface area (Å²) in [5.74, 6) is 1.28. The van der Waals surface area contributed by atoms with Gasteiger partial charge < -0.3 is 4.57 Å². The summed E-state index contributed by atoms with van der Waals surface area (Å²) in [6.07, 6.45) is 13.9. The minimum atomic E-state index is -0.394. The molecule has 5 heteroatoms. The van der Waals surface area contributed by atoms with E-state index in [4.69, 9.17) is 0 Å². The SMILES string of the molecule is CCCCCCc1nccn1C1CC(=O)N(CC(CC)CCCC)C1=O. The molecule has 5 nitrogen and oxygen atoms in total. The van der Waals surface area contributed by atoms with Gasteiger partial charge in [-0.1, -0.05) is 59.3 Å². The van der Waals surface area contributed by atoms with Crippen LogP contribution in [0.1, 0.15) is 90.4 Å². The van der Waals surface area contributed by atoms with Crippen LogP contribution in [0.5, 0.6) is 0 Å². The summed E-state index contributed by atoms with van der Waals surface area (Å²) in [7, 11) is 0. The van der Waals surface area contributed by atoms with E-state index < -0.39 is 6.04 Å². The first-order valence-corrected chi connectivity index (χ1v) is 10.5. The van der Waals surface area contributed by atoms with Crippen LogP contribution in [0.4, 0.5) is 0 Å². The Morgan fingerprint density at radius 2 is 1.88 bits per heavy atom. The number of carbonyl (C=O) groups is 2. The third-order valence-corrected chi connectivity index (χ3v) is 5.54. The maximum Gasteiger partial charge on any atom is 0.252 e. The average molecular weight is 362 g/mol. The number of hydrogen-bond acceptors (Lipinski definition) is 3. The van der Waals surface area contributed by atoms with Gasteiger partial charge in [0, 0.05) is 25.4 Å². The van der Waals surface area contributed by atoms with E-state index in [-0.39, 0.29) is 18.2 Å². The average Bonchev–Trinajstić information content (AvgIpc) is 3.21. The fraction of sp³-hybridized carbons (Fsp3) is 0.762. The predicted molar refractivity (Wildman–Crippen MR) is 104 cm³/mol. The number of rotatable bonds is 12. The molecule has 2 unspecified atom stereocenters. The number of amides is 2. The fourth-order valence-electron chi connectivity index (χ4n) is 3.78. The topological polar surface area (TPSA) is 55.2 Å². The molecule has 2 rings (SSSR count). The highest BCUT2D eigenvalue weighted by Gasteiger charge is 2.40. The monoisotopic (exact) mass is 361 g/mol. The zero-order valence-electron chi connectivity index (χ0n) is 16.7. The van der Waals surface area contributed by atoms with Gasteiger partial charge in [0.1, 0.15) is 11.9 Å². The van der Waals surface area contributed by atoms with Crippen LogP contribution in [0, 0.1) is 5.92 Å². The minimum absolute atomic E-state index is 0.0272. The molecular weight excluding hydrogens is 326 g/mol. The Balaban J connectivity index is 2.01. The number of nitrogens with zero attached hydrogens (tertiary/aromatic N) is 3. The van der Waals surface area contributed by atoms with Gasteiger partial charge in [-0.3, -0.25) is 14.5 Å². The Morgan fingerprint density at radius 1 is 1.12 bits per heavy atom. The van der Waals surface area contributed by atoms with Gasteiger partial charge in [0.2, 0.25) is 5.91 Å². The fourth-order valence-corrected chi connectivity index (χ4v) is 3.78. The number of carbonyl (C=O) groups excluding carboxylic acids is 2. The van der Waals surface area contributed by atoms with Crippen LogP contribution in [0.3, 0.4) is 0 Å². The lowest BCUT2D eigenvalue weighted by molar-refractivity contribution is -0.140. The van der Waals surface area contributed by atoms with Crippen LogP contribution < -0.4 is 0 Å². The van der Waals surface area contributed by atoms with Gasteiger partial charge >= 0.3 is 0 Å². The molecule has 0 N–H and O–H groups in total. The van der Waals surface area contributed by atoms with Gasteiger partial charge in [0.05, 0.1) is 6.42 Å². The molecule has 2 amide bonds. The Bertz CT molecular complexity index is 582. The molecule has 1 aliphatic heterocycles. The van der Waals surface area contributed by atoms with Crippen LogP contribution in [0.25, 0.3) is 0 Å². The van der Waals surface area contributed by atoms with Crippen molar-refractivity contribution in [2.45, 2.75) is 91.0 Å². The Labute approximate surface area is 158 Å². The van der Waals surface area contributed by atoms with Crippen molar-refractivity contribution in [1.82, 2.24) is 14.5 Å². The van der Waals surface area contributed by atoms with Crippen LogP contribution in [0.15, 0.2) is 12.4 Å². The second-order valence-corrected chi connectivity index (χ2v) is 7.54. The van der Waals surface area contributed by atoms with Gasteiger partial charge in [-0.05, 0) is 18.8 Å². The van der Waals surface area contributed by atoms with Crippen molar-refractivity contribution >= 4 is 11.8 Å². The highest BCUT2D eigenvalue weighted by atomic mass is 16.2. The van der Waals surface area contributed by atoms with E-state index >= 15 is 0 Å². The van der Waals surface area contributed by atoms with Crippen LogP contribution in [-0.2, 0) is 16.0 Å². The zero-order valence-corrected chi connectivity index (χ0v) is 16.7. The summed E-state index contributed by atoms with van der Waals surface area (Å²) in [5, 5.41) is 0. The molecule has 0 saturated carbocycles. The maximum absolute atomic E-state index is 12.9. The lowest BCUT2D eigenvalue weighted by Crippen LogP contribution is -2.35. The molecule has 1 aliphatic rings. The number of aromatic nitrogens is 2. The summed E-state index contributed by atoms with van der Waals surface area (Å²) < 4.78 is 1.94. The Kier molecular flexibility index (Phi) is 8.33. The summed E-state index contributed by atoms with van der Waals surface area (Å²) >= 11 is 0. The smallest absolute Gasteiger partial charge is 0.252 e. The molecule has 146 valence electrons. The second kappa shape index (κ2) is 10.5. The van der Waals surface area contributed by atoms with E-state index in [1.54, 1.807) is 6.20 Å². The van der Waals surface area contributed by atoms with Crippen LogP contribution in [-0.4, -0.2) is 32.8 Å². The number of imidazole rings is 1. The molecule has 0 bridgehead atoms. The molecule has 0 aliphatic carbocycles. The summed E-state index contributed by atoms with van der Waals surface area (Å²) in [4.78, 5) is 31.4.